The van der Waals surface area contributed by atoms with Gasteiger partial charge in [-0.1, -0.05) is 6.07 Å². The summed E-state index contributed by atoms with van der Waals surface area (Å²) in [7, 11) is 1.40. The fourth-order valence-electron chi connectivity index (χ4n) is 1.43. The molecule has 0 spiro atoms. The van der Waals surface area contributed by atoms with Crippen LogP contribution in [0, 0.1) is 0 Å². The van der Waals surface area contributed by atoms with E-state index in [2.05, 4.69) is 5.32 Å². The zero-order valence-corrected chi connectivity index (χ0v) is 10.1. The lowest BCUT2D eigenvalue weighted by molar-refractivity contribution is -0.137. The van der Waals surface area contributed by atoms with Crippen LogP contribution < -0.4 is 5.32 Å². The number of hydrogen-bond acceptors (Lipinski definition) is 3. The average molecular weight is 250 g/mol. The van der Waals surface area contributed by atoms with Gasteiger partial charge >= 0.3 is 5.97 Å². The average Bonchev–Trinajstić information content (AvgIpc) is 2.26. The third-order valence-corrected chi connectivity index (χ3v) is 2.15. The van der Waals surface area contributed by atoms with Crippen molar-refractivity contribution in [3.05, 3.63) is 29.8 Å². The van der Waals surface area contributed by atoms with E-state index in [1.807, 2.05) is 0 Å². The Bertz CT molecular complexity index is 485. The highest BCUT2D eigenvalue weighted by Gasteiger charge is 2.14. The number of amides is 2. The predicted octanol–water partition coefficient (Wildman–Crippen LogP) is 0.802. The molecule has 0 radical (unpaired) electrons. The van der Waals surface area contributed by atoms with E-state index in [1.165, 1.54) is 20.0 Å². The van der Waals surface area contributed by atoms with Gasteiger partial charge in [0.25, 0.3) is 5.91 Å². The first-order valence-corrected chi connectivity index (χ1v) is 5.25. The van der Waals surface area contributed by atoms with Crippen LogP contribution in [0.15, 0.2) is 24.3 Å². The fraction of sp³-hybridized carbons (Fsp3) is 0.250. The third-order valence-electron chi connectivity index (χ3n) is 2.15. The third kappa shape index (κ3) is 3.89. The van der Waals surface area contributed by atoms with E-state index in [1.54, 1.807) is 18.2 Å². The zero-order valence-electron chi connectivity index (χ0n) is 10.1. The molecule has 96 valence electrons. The molecule has 0 unspecified atom stereocenters. The van der Waals surface area contributed by atoms with Crippen molar-refractivity contribution in [1.82, 2.24) is 4.90 Å². The second-order valence-corrected chi connectivity index (χ2v) is 3.82. The number of benzene rings is 1. The van der Waals surface area contributed by atoms with E-state index in [4.69, 9.17) is 5.11 Å². The Morgan fingerprint density at radius 2 is 2.00 bits per heavy atom. The molecule has 0 aliphatic rings. The highest BCUT2D eigenvalue weighted by Crippen LogP contribution is 2.12. The smallest absolute Gasteiger partial charge is 0.323 e. The molecule has 6 nitrogen and oxygen atoms in total. The normalized spacial score (nSPS) is 9.67. The van der Waals surface area contributed by atoms with Gasteiger partial charge in [-0.2, -0.15) is 0 Å². The highest BCUT2D eigenvalue weighted by atomic mass is 16.4. The number of aliphatic carboxylic acids is 1. The molecule has 0 fully saturated rings. The maximum atomic E-state index is 11.9. The van der Waals surface area contributed by atoms with Crippen molar-refractivity contribution in [2.75, 3.05) is 18.9 Å². The number of anilines is 1. The Morgan fingerprint density at radius 1 is 1.33 bits per heavy atom. The molecule has 2 N–H and O–H groups in total. The topological polar surface area (TPSA) is 86.7 Å². The van der Waals surface area contributed by atoms with E-state index in [0.717, 1.165) is 4.90 Å². The van der Waals surface area contributed by atoms with E-state index in [-0.39, 0.29) is 12.5 Å². The Hall–Kier alpha value is -2.37. The Balaban J connectivity index is 2.85. The molecule has 0 aromatic heterocycles. The van der Waals surface area contributed by atoms with Gasteiger partial charge in [0.1, 0.15) is 6.54 Å². The summed E-state index contributed by atoms with van der Waals surface area (Å²) in [6.45, 7) is 0.994. The number of carbonyl (C=O) groups excluding carboxylic acids is 2. The van der Waals surface area contributed by atoms with Crippen LogP contribution in [0.1, 0.15) is 17.3 Å². The lowest BCUT2D eigenvalue weighted by Gasteiger charge is -2.15. The number of carboxylic acids is 1. The summed E-state index contributed by atoms with van der Waals surface area (Å²) in [5.41, 5.74) is 0.821. The van der Waals surface area contributed by atoms with Crippen molar-refractivity contribution in [2.45, 2.75) is 6.92 Å². The van der Waals surface area contributed by atoms with Gasteiger partial charge < -0.3 is 15.3 Å². The van der Waals surface area contributed by atoms with E-state index < -0.39 is 11.9 Å². The molecule has 0 aliphatic heterocycles. The first-order chi connectivity index (χ1) is 8.40. The van der Waals surface area contributed by atoms with Gasteiger partial charge in [0, 0.05) is 25.2 Å². The minimum Gasteiger partial charge on any atom is -0.480 e. The molecule has 1 aromatic rings. The van der Waals surface area contributed by atoms with Gasteiger partial charge in [-0.3, -0.25) is 14.4 Å². The Morgan fingerprint density at radius 3 is 2.56 bits per heavy atom. The molecule has 0 atom stereocenters. The molecule has 1 aromatic carbocycles. The molecule has 0 bridgehead atoms. The molecule has 1 rings (SSSR count). The van der Waals surface area contributed by atoms with Gasteiger partial charge in [-0.25, -0.2) is 0 Å². The highest BCUT2D eigenvalue weighted by molar-refractivity contribution is 5.97. The SMILES string of the molecule is CC(=O)Nc1cccc(C(=O)N(C)CC(=O)O)c1. The number of hydrogen-bond donors (Lipinski definition) is 2. The summed E-state index contributed by atoms with van der Waals surface area (Å²) in [6.07, 6.45) is 0. The number of nitrogens with zero attached hydrogens (tertiary/aromatic N) is 1. The number of rotatable bonds is 4. The van der Waals surface area contributed by atoms with E-state index in [9.17, 15) is 14.4 Å². The van der Waals surface area contributed by atoms with Gasteiger partial charge in [0.05, 0.1) is 0 Å². The predicted molar refractivity (Wildman–Crippen MR) is 65.3 cm³/mol. The van der Waals surface area contributed by atoms with Gasteiger partial charge in [0.15, 0.2) is 0 Å². The van der Waals surface area contributed by atoms with Crippen LogP contribution in [0.4, 0.5) is 5.69 Å². The number of carbonyl (C=O) groups is 3. The van der Waals surface area contributed by atoms with Crippen LogP contribution in [0.2, 0.25) is 0 Å². The second-order valence-electron chi connectivity index (χ2n) is 3.82. The van der Waals surface area contributed by atoms with E-state index >= 15 is 0 Å². The summed E-state index contributed by atoms with van der Waals surface area (Å²) in [5, 5.41) is 11.2. The monoisotopic (exact) mass is 250 g/mol. The lowest BCUT2D eigenvalue weighted by atomic mass is 10.1. The standard InChI is InChI=1S/C12H14N2O4/c1-8(15)13-10-5-3-4-9(6-10)12(18)14(2)7-11(16)17/h3-6H,7H2,1-2H3,(H,13,15)(H,16,17). The molecule has 0 saturated heterocycles. The van der Waals surface area contributed by atoms with Crippen molar-refractivity contribution >= 4 is 23.5 Å². The van der Waals surface area contributed by atoms with Gasteiger partial charge in [-0.05, 0) is 18.2 Å². The van der Waals surface area contributed by atoms with Crippen LogP contribution in [0.3, 0.4) is 0 Å². The Kier molecular flexibility index (Phi) is 4.42. The number of carboxylic acid groups (broad SMARTS) is 1. The number of nitrogens with one attached hydrogen (secondary N) is 1. The first-order valence-electron chi connectivity index (χ1n) is 5.25. The molecular formula is C12H14N2O4. The van der Waals surface area contributed by atoms with Crippen molar-refractivity contribution in [3.8, 4) is 0 Å². The quantitative estimate of drug-likeness (QED) is 0.827. The van der Waals surface area contributed by atoms with Crippen LogP contribution in [0.25, 0.3) is 0 Å². The minimum absolute atomic E-state index is 0.238. The van der Waals surface area contributed by atoms with Crippen LogP contribution in [-0.4, -0.2) is 41.4 Å². The van der Waals surface area contributed by atoms with Crippen LogP contribution in [-0.2, 0) is 9.59 Å². The molecule has 6 heteroatoms. The van der Waals surface area contributed by atoms with Crippen molar-refractivity contribution in [1.29, 1.82) is 0 Å². The lowest BCUT2D eigenvalue weighted by Crippen LogP contribution is -2.31. The summed E-state index contributed by atoms with van der Waals surface area (Å²) in [5.74, 6) is -1.73. The zero-order chi connectivity index (χ0) is 13.7. The van der Waals surface area contributed by atoms with Crippen molar-refractivity contribution < 1.29 is 19.5 Å². The van der Waals surface area contributed by atoms with Crippen LogP contribution >= 0.6 is 0 Å². The van der Waals surface area contributed by atoms with Gasteiger partial charge in [0.2, 0.25) is 5.91 Å². The number of likely N-dealkylation sites (N-methyl/N-ethyl adjacent to an activating group) is 1. The molecule has 2 amide bonds. The van der Waals surface area contributed by atoms with E-state index in [0.29, 0.717) is 11.3 Å². The van der Waals surface area contributed by atoms with Crippen LogP contribution in [0.5, 0.6) is 0 Å². The minimum atomic E-state index is -1.08. The molecule has 0 aliphatic carbocycles. The van der Waals surface area contributed by atoms with Gasteiger partial charge in [-0.15, -0.1) is 0 Å². The summed E-state index contributed by atoms with van der Waals surface area (Å²) in [6, 6.07) is 6.33. The fourth-order valence-corrected chi connectivity index (χ4v) is 1.43. The first kappa shape index (κ1) is 13.7. The summed E-state index contributed by atoms with van der Waals surface area (Å²) in [4.78, 5) is 34.4. The second kappa shape index (κ2) is 5.81. The molecule has 18 heavy (non-hydrogen) atoms. The summed E-state index contributed by atoms with van der Waals surface area (Å²) >= 11 is 0. The molecule has 0 heterocycles. The summed E-state index contributed by atoms with van der Waals surface area (Å²) < 4.78 is 0. The largest absolute Gasteiger partial charge is 0.480 e. The van der Waals surface area contributed by atoms with Crippen molar-refractivity contribution in [3.63, 3.8) is 0 Å². The maximum Gasteiger partial charge on any atom is 0.323 e. The Labute approximate surface area is 104 Å². The molecular weight excluding hydrogens is 236 g/mol. The maximum absolute atomic E-state index is 11.9. The van der Waals surface area contributed by atoms with Crippen molar-refractivity contribution in [2.24, 2.45) is 0 Å². The molecule has 0 saturated carbocycles.